The van der Waals surface area contributed by atoms with Crippen molar-refractivity contribution in [1.82, 2.24) is 20.2 Å². The summed E-state index contributed by atoms with van der Waals surface area (Å²) in [7, 11) is 0. The highest BCUT2D eigenvalue weighted by Gasteiger charge is 2.23. The van der Waals surface area contributed by atoms with Gasteiger partial charge in [0.05, 0.1) is 17.4 Å². The fraction of sp³-hybridized carbons (Fsp3) is 0.158. The molecule has 1 unspecified atom stereocenters. The highest BCUT2D eigenvalue weighted by molar-refractivity contribution is 5.80. The second-order valence-electron chi connectivity index (χ2n) is 5.73. The molecule has 3 aromatic heterocycles. The van der Waals surface area contributed by atoms with Crippen LogP contribution in [0.5, 0.6) is 5.75 Å². The highest BCUT2D eigenvalue weighted by atomic mass is 19.1. The number of pyridine rings is 2. The van der Waals surface area contributed by atoms with E-state index in [2.05, 4.69) is 33.2 Å². The molecule has 0 radical (unpaired) electrons. The van der Waals surface area contributed by atoms with Crippen molar-refractivity contribution in [2.75, 3.05) is 0 Å². The summed E-state index contributed by atoms with van der Waals surface area (Å²) in [5.41, 5.74) is 2.49. The van der Waals surface area contributed by atoms with Gasteiger partial charge in [0.25, 0.3) is 5.89 Å². The molecule has 4 rings (SSSR count). The van der Waals surface area contributed by atoms with Gasteiger partial charge in [0, 0.05) is 11.6 Å². The van der Waals surface area contributed by atoms with Crippen molar-refractivity contribution in [2.45, 2.75) is 19.4 Å². The molecule has 130 valence electrons. The molecule has 0 saturated carbocycles. The first-order chi connectivity index (χ1) is 12.7. The van der Waals surface area contributed by atoms with Crippen molar-refractivity contribution in [3.63, 3.8) is 0 Å². The number of nitrogens with zero attached hydrogens (tertiary/aromatic N) is 4. The average Bonchev–Trinajstić information content (AvgIpc) is 3.21. The zero-order chi connectivity index (χ0) is 17.9. The van der Waals surface area contributed by atoms with Crippen LogP contribution in [0.25, 0.3) is 10.9 Å². The molecule has 6 nitrogen and oxygen atoms in total. The SMILES string of the molecule is CCc1cnc2ccc(OC(c3ccc(F)cn3)c3nnco3)cc2c1. The second-order valence-corrected chi connectivity index (χ2v) is 5.73. The molecule has 1 aromatic carbocycles. The number of aryl methyl sites for hydroxylation is 1. The van der Waals surface area contributed by atoms with E-state index in [4.69, 9.17) is 9.15 Å². The third-order valence-electron chi connectivity index (χ3n) is 3.99. The number of aromatic nitrogens is 4. The molecule has 3 heterocycles. The lowest BCUT2D eigenvalue weighted by Crippen LogP contribution is -2.12. The molecular formula is C19H15FN4O2. The largest absolute Gasteiger partial charge is 0.474 e. The van der Waals surface area contributed by atoms with Crippen LogP contribution in [0.4, 0.5) is 4.39 Å². The Hall–Kier alpha value is -3.35. The maximum atomic E-state index is 13.2. The first-order valence-corrected chi connectivity index (χ1v) is 8.16. The van der Waals surface area contributed by atoms with Crippen LogP contribution in [0.2, 0.25) is 0 Å². The number of ether oxygens (including phenoxy) is 1. The van der Waals surface area contributed by atoms with Gasteiger partial charge in [0.2, 0.25) is 12.5 Å². The van der Waals surface area contributed by atoms with Crippen LogP contribution >= 0.6 is 0 Å². The van der Waals surface area contributed by atoms with Gasteiger partial charge in [-0.3, -0.25) is 9.97 Å². The fourth-order valence-corrected chi connectivity index (χ4v) is 2.63. The third kappa shape index (κ3) is 3.23. The predicted molar refractivity (Wildman–Crippen MR) is 92.1 cm³/mol. The van der Waals surface area contributed by atoms with Gasteiger partial charge in [-0.25, -0.2) is 4.39 Å². The van der Waals surface area contributed by atoms with E-state index in [1.807, 2.05) is 24.4 Å². The fourth-order valence-electron chi connectivity index (χ4n) is 2.63. The van der Waals surface area contributed by atoms with Gasteiger partial charge in [-0.2, -0.15) is 0 Å². The van der Waals surface area contributed by atoms with Gasteiger partial charge in [-0.05, 0) is 48.4 Å². The molecule has 0 spiro atoms. The van der Waals surface area contributed by atoms with Crippen LogP contribution in [0.3, 0.4) is 0 Å². The van der Waals surface area contributed by atoms with Gasteiger partial charge in [0.15, 0.2) is 0 Å². The lowest BCUT2D eigenvalue weighted by Gasteiger charge is -2.15. The molecule has 0 aliphatic rings. The molecule has 1 atom stereocenters. The summed E-state index contributed by atoms with van der Waals surface area (Å²) in [6.45, 7) is 2.08. The third-order valence-corrected chi connectivity index (χ3v) is 3.99. The zero-order valence-corrected chi connectivity index (χ0v) is 14.0. The smallest absolute Gasteiger partial charge is 0.263 e. The molecule has 7 heteroatoms. The van der Waals surface area contributed by atoms with E-state index in [9.17, 15) is 4.39 Å². The number of hydrogen-bond donors (Lipinski definition) is 0. The highest BCUT2D eigenvalue weighted by Crippen LogP contribution is 2.28. The Kier molecular flexibility index (Phi) is 4.27. The van der Waals surface area contributed by atoms with Gasteiger partial charge in [-0.1, -0.05) is 6.92 Å². The maximum absolute atomic E-state index is 13.2. The van der Waals surface area contributed by atoms with E-state index >= 15 is 0 Å². The van der Waals surface area contributed by atoms with E-state index in [1.54, 1.807) is 0 Å². The van der Waals surface area contributed by atoms with Crippen LogP contribution in [0.15, 0.2) is 59.6 Å². The number of rotatable bonds is 5. The summed E-state index contributed by atoms with van der Waals surface area (Å²) in [6, 6.07) is 10.5. The average molecular weight is 350 g/mol. The summed E-state index contributed by atoms with van der Waals surface area (Å²) in [4.78, 5) is 8.52. The van der Waals surface area contributed by atoms with Crippen molar-refractivity contribution in [3.8, 4) is 5.75 Å². The number of hydrogen-bond acceptors (Lipinski definition) is 6. The monoisotopic (exact) mass is 350 g/mol. The van der Waals surface area contributed by atoms with E-state index in [0.717, 1.165) is 29.1 Å². The minimum absolute atomic E-state index is 0.240. The van der Waals surface area contributed by atoms with E-state index < -0.39 is 11.9 Å². The van der Waals surface area contributed by atoms with E-state index in [-0.39, 0.29) is 5.89 Å². The molecule has 0 saturated heterocycles. The molecule has 0 bridgehead atoms. The lowest BCUT2D eigenvalue weighted by molar-refractivity contribution is 0.203. The quantitative estimate of drug-likeness (QED) is 0.544. The Bertz CT molecular complexity index is 1020. The first-order valence-electron chi connectivity index (χ1n) is 8.16. The summed E-state index contributed by atoms with van der Waals surface area (Å²) < 4.78 is 24.5. The summed E-state index contributed by atoms with van der Waals surface area (Å²) in [5.74, 6) is 0.411. The summed E-state index contributed by atoms with van der Waals surface area (Å²) >= 11 is 0. The topological polar surface area (TPSA) is 73.9 Å². The van der Waals surface area contributed by atoms with E-state index in [1.165, 1.54) is 18.5 Å². The van der Waals surface area contributed by atoms with Crippen LogP contribution in [-0.2, 0) is 6.42 Å². The van der Waals surface area contributed by atoms with Crippen molar-refractivity contribution in [2.24, 2.45) is 0 Å². The Morgan fingerprint density at radius 2 is 2.04 bits per heavy atom. The number of halogens is 1. The van der Waals surface area contributed by atoms with Crippen LogP contribution in [0, 0.1) is 5.82 Å². The van der Waals surface area contributed by atoms with Crippen molar-refractivity contribution < 1.29 is 13.5 Å². The molecule has 0 aliphatic carbocycles. The molecular weight excluding hydrogens is 335 g/mol. The second kappa shape index (κ2) is 6.87. The Balaban J connectivity index is 1.71. The molecule has 0 aliphatic heterocycles. The van der Waals surface area contributed by atoms with Gasteiger partial charge in [0.1, 0.15) is 11.6 Å². The molecule has 0 N–H and O–H groups in total. The Morgan fingerprint density at radius 3 is 2.77 bits per heavy atom. The Labute approximate surface area is 148 Å². The predicted octanol–water partition coefficient (Wildman–Crippen LogP) is 3.88. The molecule has 4 aromatic rings. The van der Waals surface area contributed by atoms with Crippen molar-refractivity contribution in [1.29, 1.82) is 0 Å². The summed E-state index contributed by atoms with van der Waals surface area (Å²) in [5, 5.41) is 8.58. The lowest BCUT2D eigenvalue weighted by atomic mass is 10.1. The van der Waals surface area contributed by atoms with Crippen molar-refractivity contribution >= 4 is 10.9 Å². The van der Waals surface area contributed by atoms with Crippen LogP contribution in [0.1, 0.15) is 30.2 Å². The minimum atomic E-state index is -0.738. The first kappa shape index (κ1) is 16.1. The standard InChI is InChI=1S/C19H15FN4O2/c1-2-12-7-13-8-15(4-6-16(13)21-9-12)26-18(19-24-23-11-25-19)17-5-3-14(20)10-22-17/h3-11,18H,2H2,1H3. The van der Waals surface area contributed by atoms with Crippen LogP contribution < -0.4 is 4.74 Å². The molecule has 26 heavy (non-hydrogen) atoms. The summed E-state index contributed by atoms with van der Waals surface area (Å²) in [6.07, 6.45) is 4.37. The maximum Gasteiger partial charge on any atom is 0.263 e. The Morgan fingerprint density at radius 1 is 1.12 bits per heavy atom. The van der Waals surface area contributed by atoms with Crippen LogP contribution in [-0.4, -0.2) is 20.2 Å². The van der Waals surface area contributed by atoms with Gasteiger partial charge in [-0.15, -0.1) is 10.2 Å². The van der Waals surface area contributed by atoms with Gasteiger partial charge < -0.3 is 9.15 Å². The van der Waals surface area contributed by atoms with E-state index in [0.29, 0.717) is 11.4 Å². The molecule has 0 fully saturated rings. The normalized spacial score (nSPS) is 12.2. The number of fused-ring (bicyclic) bond motifs is 1. The number of benzene rings is 1. The molecule has 0 amide bonds. The van der Waals surface area contributed by atoms with Crippen molar-refractivity contribution in [3.05, 3.63) is 78.2 Å². The zero-order valence-electron chi connectivity index (χ0n) is 14.0. The van der Waals surface area contributed by atoms with Gasteiger partial charge >= 0.3 is 0 Å². The minimum Gasteiger partial charge on any atom is -0.474 e.